The maximum absolute atomic E-state index is 11.2. The van der Waals surface area contributed by atoms with Gasteiger partial charge in [0, 0.05) is 6.04 Å². The molecule has 0 bridgehead atoms. The monoisotopic (exact) mass is 258 g/mol. The summed E-state index contributed by atoms with van der Waals surface area (Å²) in [6, 6.07) is 1.20. The average molecular weight is 259 g/mol. The third kappa shape index (κ3) is 3.31. The third-order valence-electron chi connectivity index (χ3n) is 2.29. The second-order valence-corrected chi connectivity index (χ2v) is 4.09. The number of anilines is 1. The molecule has 1 aromatic heterocycles. The summed E-state index contributed by atoms with van der Waals surface area (Å²) < 4.78 is 0. The molecule has 1 unspecified atom stereocenters. The standard InChI is InChI=1S/C11H15ClN2O3/c1-3-7-10(11(16)17)8(4-9(12)14-7)13-6(2)5-15/h4,6,15H,3,5H2,1-2H3,(H,13,14)(H,16,17). The van der Waals surface area contributed by atoms with Crippen molar-refractivity contribution in [3.8, 4) is 0 Å². The first kappa shape index (κ1) is 13.7. The lowest BCUT2D eigenvalue weighted by Crippen LogP contribution is -2.22. The van der Waals surface area contributed by atoms with Crippen LogP contribution in [0.5, 0.6) is 0 Å². The molecule has 0 radical (unpaired) electrons. The molecule has 0 saturated carbocycles. The summed E-state index contributed by atoms with van der Waals surface area (Å²) in [7, 11) is 0. The van der Waals surface area contributed by atoms with Gasteiger partial charge >= 0.3 is 5.97 Å². The number of aromatic nitrogens is 1. The summed E-state index contributed by atoms with van der Waals surface area (Å²) in [5.74, 6) is -1.06. The van der Waals surface area contributed by atoms with E-state index in [4.69, 9.17) is 21.8 Å². The van der Waals surface area contributed by atoms with Crippen LogP contribution in [-0.4, -0.2) is 33.8 Å². The number of nitrogens with zero attached hydrogens (tertiary/aromatic N) is 1. The molecule has 0 spiro atoms. The van der Waals surface area contributed by atoms with Gasteiger partial charge in [0.2, 0.25) is 0 Å². The number of pyridine rings is 1. The van der Waals surface area contributed by atoms with Crippen LogP contribution in [0.25, 0.3) is 0 Å². The number of aryl methyl sites for hydroxylation is 1. The van der Waals surface area contributed by atoms with Crippen LogP contribution in [0.3, 0.4) is 0 Å². The van der Waals surface area contributed by atoms with Gasteiger partial charge in [0.1, 0.15) is 10.7 Å². The molecule has 0 aliphatic carbocycles. The zero-order valence-electron chi connectivity index (χ0n) is 9.70. The van der Waals surface area contributed by atoms with E-state index in [0.717, 1.165) is 0 Å². The van der Waals surface area contributed by atoms with Crippen LogP contribution in [0.1, 0.15) is 29.9 Å². The Labute approximate surface area is 104 Å². The molecule has 6 heteroatoms. The number of halogens is 1. The molecule has 1 aromatic rings. The van der Waals surface area contributed by atoms with Gasteiger partial charge in [0.15, 0.2) is 0 Å². The van der Waals surface area contributed by atoms with Crippen molar-refractivity contribution in [3.05, 3.63) is 22.5 Å². The van der Waals surface area contributed by atoms with E-state index in [-0.39, 0.29) is 23.4 Å². The molecule has 3 N–H and O–H groups in total. The Bertz CT molecular complexity index is 423. The molecule has 1 rings (SSSR count). The fourth-order valence-electron chi connectivity index (χ4n) is 1.48. The highest BCUT2D eigenvalue weighted by Gasteiger charge is 2.18. The first-order valence-corrected chi connectivity index (χ1v) is 5.67. The van der Waals surface area contributed by atoms with E-state index < -0.39 is 5.97 Å². The van der Waals surface area contributed by atoms with Gasteiger partial charge in [-0.1, -0.05) is 18.5 Å². The molecule has 0 aromatic carbocycles. The number of carboxylic acids is 1. The Balaban J connectivity index is 3.25. The number of aromatic carboxylic acids is 1. The molecule has 0 fully saturated rings. The van der Waals surface area contributed by atoms with Crippen LogP contribution >= 0.6 is 11.6 Å². The van der Waals surface area contributed by atoms with Gasteiger partial charge in [0.25, 0.3) is 0 Å². The van der Waals surface area contributed by atoms with Crippen molar-refractivity contribution >= 4 is 23.3 Å². The summed E-state index contributed by atoms with van der Waals surface area (Å²) in [6.45, 7) is 3.45. The van der Waals surface area contributed by atoms with E-state index in [9.17, 15) is 4.79 Å². The van der Waals surface area contributed by atoms with Crippen LogP contribution in [0, 0.1) is 0 Å². The van der Waals surface area contributed by atoms with Gasteiger partial charge < -0.3 is 15.5 Å². The molecule has 17 heavy (non-hydrogen) atoms. The molecular weight excluding hydrogens is 244 g/mol. The zero-order valence-corrected chi connectivity index (χ0v) is 10.5. The molecule has 0 saturated heterocycles. The van der Waals surface area contributed by atoms with E-state index in [2.05, 4.69) is 10.3 Å². The number of nitrogens with one attached hydrogen (secondary N) is 1. The van der Waals surface area contributed by atoms with Crippen molar-refractivity contribution in [2.24, 2.45) is 0 Å². The minimum atomic E-state index is -1.06. The Kier molecular flexibility index (Phi) is 4.72. The fraction of sp³-hybridized carbons (Fsp3) is 0.455. The highest BCUT2D eigenvalue weighted by atomic mass is 35.5. The number of hydrogen-bond donors (Lipinski definition) is 3. The van der Waals surface area contributed by atoms with Gasteiger partial charge in [-0.2, -0.15) is 0 Å². The maximum Gasteiger partial charge on any atom is 0.339 e. The first-order valence-electron chi connectivity index (χ1n) is 5.29. The SMILES string of the molecule is CCc1nc(Cl)cc(NC(C)CO)c1C(=O)O. The molecule has 5 nitrogen and oxygen atoms in total. The summed E-state index contributed by atoms with van der Waals surface area (Å²) >= 11 is 5.83. The quantitative estimate of drug-likeness (QED) is 0.702. The molecule has 1 heterocycles. The van der Waals surface area contributed by atoms with Crippen molar-refractivity contribution in [3.63, 3.8) is 0 Å². The highest BCUT2D eigenvalue weighted by molar-refractivity contribution is 6.29. The largest absolute Gasteiger partial charge is 0.478 e. The second kappa shape index (κ2) is 5.84. The molecule has 0 amide bonds. The Morgan fingerprint density at radius 2 is 2.29 bits per heavy atom. The summed E-state index contributed by atoms with van der Waals surface area (Å²) in [6.07, 6.45) is 0.477. The van der Waals surface area contributed by atoms with Crippen molar-refractivity contribution in [1.82, 2.24) is 4.98 Å². The van der Waals surface area contributed by atoms with Crippen molar-refractivity contribution in [1.29, 1.82) is 0 Å². The summed E-state index contributed by atoms with van der Waals surface area (Å²) in [5.41, 5.74) is 0.922. The van der Waals surface area contributed by atoms with Crippen LogP contribution in [-0.2, 0) is 6.42 Å². The van der Waals surface area contributed by atoms with Gasteiger partial charge in [0.05, 0.1) is 18.0 Å². The Morgan fingerprint density at radius 1 is 1.65 bits per heavy atom. The summed E-state index contributed by atoms with van der Waals surface area (Å²) in [4.78, 5) is 15.2. The Morgan fingerprint density at radius 3 is 2.76 bits per heavy atom. The topological polar surface area (TPSA) is 82.5 Å². The predicted molar refractivity (Wildman–Crippen MR) is 65.8 cm³/mol. The molecular formula is C11H15ClN2O3. The third-order valence-corrected chi connectivity index (χ3v) is 2.48. The van der Waals surface area contributed by atoms with E-state index in [1.165, 1.54) is 6.07 Å². The minimum Gasteiger partial charge on any atom is -0.478 e. The molecule has 94 valence electrons. The second-order valence-electron chi connectivity index (χ2n) is 3.70. The van der Waals surface area contributed by atoms with Gasteiger partial charge in [-0.15, -0.1) is 0 Å². The Hall–Kier alpha value is -1.33. The van der Waals surface area contributed by atoms with Crippen molar-refractivity contribution in [2.45, 2.75) is 26.3 Å². The number of carbonyl (C=O) groups is 1. The number of hydrogen-bond acceptors (Lipinski definition) is 4. The number of aliphatic hydroxyl groups excluding tert-OH is 1. The van der Waals surface area contributed by atoms with E-state index in [0.29, 0.717) is 17.8 Å². The number of rotatable bonds is 5. The van der Waals surface area contributed by atoms with Crippen LogP contribution < -0.4 is 5.32 Å². The smallest absolute Gasteiger partial charge is 0.339 e. The van der Waals surface area contributed by atoms with E-state index in [1.807, 2.05) is 6.92 Å². The van der Waals surface area contributed by atoms with Gasteiger partial charge in [-0.05, 0) is 19.4 Å². The first-order chi connectivity index (χ1) is 7.99. The van der Waals surface area contributed by atoms with Gasteiger partial charge in [-0.25, -0.2) is 9.78 Å². The molecule has 0 aliphatic rings. The summed E-state index contributed by atoms with van der Waals surface area (Å²) in [5, 5.41) is 21.3. The number of carboxylic acid groups (broad SMARTS) is 1. The zero-order chi connectivity index (χ0) is 13.0. The average Bonchev–Trinajstić information content (AvgIpc) is 2.27. The van der Waals surface area contributed by atoms with E-state index in [1.54, 1.807) is 6.92 Å². The van der Waals surface area contributed by atoms with Gasteiger partial charge in [-0.3, -0.25) is 0 Å². The van der Waals surface area contributed by atoms with Crippen molar-refractivity contribution in [2.75, 3.05) is 11.9 Å². The van der Waals surface area contributed by atoms with Crippen LogP contribution in [0.4, 0.5) is 5.69 Å². The normalized spacial score (nSPS) is 12.2. The van der Waals surface area contributed by atoms with E-state index >= 15 is 0 Å². The van der Waals surface area contributed by atoms with Crippen LogP contribution in [0.15, 0.2) is 6.07 Å². The highest BCUT2D eigenvalue weighted by Crippen LogP contribution is 2.24. The lowest BCUT2D eigenvalue weighted by molar-refractivity contribution is 0.0696. The maximum atomic E-state index is 11.2. The fourth-order valence-corrected chi connectivity index (χ4v) is 1.69. The van der Waals surface area contributed by atoms with Crippen LogP contribution in [0.2, 0.25) is 5.15 Å². The number of aliphatic hydroxyl groups is 1. The van der Waals surface area contributed by atoms with Crippen molar-refractivity contribution < 1.29 is 15.0 Å². The minimum absolute atomic E-state index is 0.0968. The molecule has 0 aliphatic heterocycles. The lowest BCUT2D eigenvalue weighted by atomic mass is 10.1. The predicted octanol–water partition coefficient (Wildman–Crippen LogP) is 1.79. The lowest BCUT2D eigenvalue weighted by Gasteiger charge is -2.16. The molecule has 1 atom stereocenters.